The Labute approximate surface area is 135 Å². The van der Waals surface area contributed by atoms with Crippen LogP contribution < -0.4 is 0 Å². The summed E-state index contributed by atoms with van der Waals surface area (Å²) in [4.78, 5) is 34.5. The van der Waals surface area contributed by atoms with Crippen LogP contribution >= 0.6 is 0 Å². The van der Waals surface area contributed by atoms with Crippen LogP contribution in [0.4, 0.5) is 0 Å². The van der Waals surface area contributed by atoms with Gasteiger partial charge in [0.05, 0.1) is 17.5 Å². The highest BCUT2D eigenvalue weighted by atomic mass is 16.2. The molecule has 0 bridgehead atoms. The molecule has 0 spiro atoms. The van der Waals surface area contributed by atoms with Crippen molar-refractivity contribution in [3.8, 4) is 0 Å². The van der Waals surface area contributed by atoms with Gasteiger partial charge >= 0.3 is 0 Å². The predicted molar refractivity (Wildman–Crippen MR) is 88.1 cm³/mol. The molecule has 23 heavy (non-hydrogen) atoms. The number of hydrogen-bond acceptors (Lipinski definition) is 3. The number of nitrogens with zero attached hydrogens (tertiary/aromatic N) is 3. The first-order valence-electron chi connectivity index (χ1n) is 8.02. The molecular formula is C17H22N4O2. The molecule has 2 aromatic rings. The number of imidazole rings is 1. The summed E-state index contributed by atoms with van der Waals surface area (Å²) in [6, 6.07) is 5.94. The van der Waals surface area contributed by atoms with Gasteiger partial charge in [-0.2, -0.15) is 0 Å². The lowest BCUT2D eigenvalue weighted by Gasteiger charge is -2.32. The van der Waals surface area contributed by atoms with Crippen molar-refractivity contribution in [2.75, 3.05) is 26.2 Å². The number of benzene rings is 1. The number of carbonyl (C=O) groups is 2. The van der Waals surface area contributed by atoms with Gasteiger partial charge in [-0.3, -0.25) is 9.59 Å². The van der Waals surface area contributed by atoms with E-state index < -0.39 is 0 Å². The van der Waals surface area contributed by atoms with E-state index in [9.17, 15) is 9.59 Å². The van der Waals surface area contributed by atoms with E-state index in [1.165, 1.54) is 0 Å². The summed E-state index contributed by atoms with van der Waals surface area (Å²) in [6.45, 7) is 6.66. The van der Waals surface area contributed by atoms with Gasteiger partial charge in [0.15, 0.2) is 0 Å². The van der Waals surface area contributed by atoms with E-state index in [0.29, 0.717) is 38.5 Å². The van der Waals surface area contributed by atoms with E-state index in [1.54, 1.807) is 4.90 Å². The monoisotopic (exact) mass is 314 g/mol. The van der Waals surface area contributed by atoms with Gasteiger partial charge in [-0.1, -0.05) is 19.9 Å². The molecule has 0 aliphatic carbocycles. The van der Waals surface area contributed by atoms with Crippen molar-refractivity contribution in [3.63, 3.8) is 0 Å². The van der Waals surface area contributed by atoms with Gasteiger partial charge in [0.25, 0.3) is 0 Å². The topological polar surface area (TPSA) is 69.3 Å². The highest BCUT2D eigenvalue weighted by Gasteiger charge is 2.20. The highest BCUT2D eigenvalue weighted by Crippen LogP contribution is 2.19. The maximum absolute atomic E-state index is 12.4. The fraction of sp³-hybridized carbons (Fsp3) is 0.471. The van der Waals surface area contributed by atoms with Crippen LogP contribution in [0.1, 0.15) is 31.2 Å². The molecule has 0 unspecified atom stereocenters. The lowest BCUT2D eigenvalue weighted by molar-refractivity contribution is -0.134. The van der Waals surface area contributed by atoms with E-state index in [-0.39, 0.29) is 5.91 Å². The second kappa shape index (κ2) is 6.40. The highest BCUT2D eigenvalue weighted by molar-refractivity contribution is 5.82. The number of hydrogen-bond donors (Lipinski definition) is 1. The van der Waals surface area contributed by atoms with Crippen LogP contribution in [0, 0.1) is 0 Å². The minimum absolute atomic E-state index is 0.110. The minimum atomic E-state index is 0.110. The smallest absolute Gasteiger partial charge is 0.227 e. The summed E-state index contributed by atoms with van der Waals surface area (Å²) in [5.41, 5.74) is 2.90. The van der Waals surface area contributed by atoms with Gasteiger partial charge in [0.2, 0.25) is 12.3 Å². The Balaban J connectivity index is 1.68. The third-order valence-electron chi connectivity index (χ3n) is 4.28. The zero-order chi connectivity index (χ0) is 16.4. The molecule has 6 nitrogen and oxygen atoms in total. The Morgan fingerprint density at radius 2 is 2.04 bits per heavy atom. The number of aromatic nitrogens is 2. The first kappa shape index (κ1) is 15.5. The molecule has 0 saturated carbocycles. The first-order valence-corrected chi connectivity index (χ1v) is 8.02. The largest absolute Gasteiger partial charge is 0.342 e. The molecule has 1 saturated heterocycles. The Hall–Kier alpha value is -2.37. The average Bonchev–Trinajstić information content (AvgIpc) is 2.98. The zero-order valence-electron chi connectivity index (χ0n) is 13.6. The standard InChI is InChI=1S/C17H22N4O2/c1-12(2)17-18-14-4-3-13(9-15(14)19-17)10-16(23)21-7-5-20(11-22)6-8-21/h3-4,9,11-12H,5-8,10H2,1-2H3,(H,18,19). The number of amides is 2. The molecule has 122 valence electrons. The number of fused-ring (bicyclic) bond motifs is 1. The van der Waals surface area contributed by atoms with Crippen LogP contribution in [0.3, 0.4) is 0 Å². The number of nitrogens with one attached hydrogen (secondary N) is 1. The van der Waals surface area contributed by atoms with Crippen LogP contribution in [-0.4, -0.2) is 58.3 Å². The molecule has 1 aliphatic heterocycles. The van der Waals surface area contributed by atoms with Crippen LogP contribution in [-0.2, 0) is 16.0 Å². The molecule has 0 atom stereocenters. The third-order valence-corrected chi connectivity index (χ3v) is 4.28. The Bertz CT molecular complexity index is 714. The lowest BCUT2D eigenvalue weighted by atomic mass is 10.1. The van der Waals surface area contributed by atoms with E-state index in [0.717, 1.165) is 28.8 Å². The summed E-state index contributed by atoms with van der Waals surface area (Å²) >= 11 is 0. The summed E-state index contributed by atoms with van der Waals surface area (Å²) in [6.07, 6.45) is 1.23. The van der Waals surface area contributed by atoms with Gasteiger partial charge in [0.1, 0.15) is 5.82 Å². The van der Waals surface area contributed by atoms with E-state index in [1.807, 2.05) is 23.1 Å². The van der Waals surface area contributed by atoms with Crippen molar-refractivity contribution < 1.29 is 9.59 Å². The van der Waals surface area contributed by atoms with Crippen LogP contribution in [0.2, 0.25) is 0 Å². The zero-order valence-corrected chi connectivity index (χ0v) is 13.6. The molecule has 1 aromatic carbocycles. The van der Waals surface area contributed by atoms with E-state index in [4.69, 9.17) is 0 Å². The van der Waals surface area contributed by atoms with Gasteiger partial charge in [0, 0.05) is 32.1 Å². The first-order chi connectivity index (χ1) is 11.1. The Morgan fingerprint density at radius 1 is 1.30 bits per heavy atom. The average molecular weight is 314 g/mol. The second-order valence-electron chi connectivity index (χ2n) is 6.33. The molecule has 0 radical (unpaired) electrons. The third kappa shape index (κ3) is 3.36. The van der Waals surface area contributed by atoms with Crippen molar-refractivity contribution in [2.24, 2.45) is 0 Å². The van der Waals surface area contributed by atoms with Gasteiger partial charge < -0.3 is 14.8 Å². The summed E-state index contributed by atoms with van der Waals surface area (Å²) < 4.78 is 0. The van der Waals surface area contributed by atoms with Crippen molar-refractivity contribution in [3.05, 3.63) is 29.6 Å². The number of carbonyl (C=O) groups excluding carboxylic acids is 2. The van der Waals surface area contributed by atoms with Crippen molar-refractivity contribution in [2.45, 2.75) is 26.2 Å². The van der Waals surface area contributed by atoms with Gasteiger partial charge in [-0.05, 0) is 17.7 Å². The molecule has 3 rings (SSSR count). The number of rotatable bonds is 4. The Morgan fingerprint density at radius 3 is 2.70 bits per heavy atom. The van der Waals surface area contributed by atoms with E-state index >= 15 is 0 Å². The van der Waals surface area contributed by atoms with E-state index in [2.05, 4.69) is 23.8 Å². The predicted octanol–water partition coefficient (Wildman–Crippen LogP) is 1.53. The molecule has 1 fully saturated rings. The minimum Gasteiger partial charge on any atom is -0.342 e. The van der Waals surface area contributed by atoms with Crippen molar-refractivity contribution >= 4 is 23.4 Å². The second-order valence-corrected chi connectivity index (χ2v) is 6.33. The number of aromatic amines is 1. The quantitative estimate of drug-likeness (QED) is 0.870. The summed E-state index contributed by atoms with van der Waals surface area (Å²) in [5.74, 6) is 1.42. The fourth-order valence-electron chi connectivity index (χ4n) is 2.82. The lowest BCUT2D eigenvalue weighted by Crippen LogP contribution is -2.48. The molecule has 1 aromatic heterocycles. The SMILES string of the molecule is CC(C)c1nc2ccc(CC(=O)N3CCN(C=O)CC3)cc2[nH]1. The number of piperazine rings is 1. The maximum Gasteiger partial charge on any atom is 0.227 e. The van der Waals surface area contributed by atoms with Gasteiger partial charge in [-0.15, -0.1) is 0 Å². The molecule has 2 heterocycles. The maximum atomic E-state index is 12.4. The van der Waals surface area contributed by atoms with Gasteiger partial charge in [-0.25, -0.2) is 4.98 Å². The van der Waals surface area contributed by atoms with Crippen LogP contribution in [0.25, 0.3) is 11.0 Å². The van der Waals surface area contributed by atoms with Crippen molar-refractivity contribution in [1.29, 1.82) is 0 Å². The van der Waals surface area contributed by atoms with Crippen LogP contribution in [0.15, 0.2) is 18.2 Å². The molecule has 1 aliphatic rings. The number of H-pyrrole nitrogens is 1. The van der Waals surface area contributed by atoms with Crippen LogP contribution in [0.5, 0.6) is 0 Å². The molecule has 1 N–H and O–H groups in total. The summed E-state index contributed by atoms with van der Waals surface area (Å²) in [5, 5.41) is 0. The Kier molecular flexibility index (Phi) is 4.32. The molecular weight excluding hydrogens is 292 g/mol. The summed E-state index contributed by atoms with van der Waals surface area (Å²) in [7, 11) is 0. The fourth-order valence-corrected chi connectivity index (χ4v) is 2.82. The molecule has 2 amide bonds. The van der Waals surface area contributed by atoms with Crippen molar-refractivity contribution in [1.82, 2.24) is 19.8 Å². The molecule has 6 heteroatoms. The normalized spacial score (nSPS) is 15.4.